The lowest BCUT2D eigenvalue weighted by atomic mass is 10.1. The minimum Gasteiger partial charge on any atom is -0.351 e. The molecule has 12 heteroatoms. The summed E-state index contributed by atoms with van der Waals surface area (Å²) in [6.45, 7) is 0. The highest BCUT2D eigenvalue weighted by Crippen LogP contribution is 2.48. The first-order chi connectivity index (χ1) is 16.6. The third kappa shape index (κ3) is 3.94. The number of amides is 4. The number of benzene rings is 2. The number of piperidine rings is 1. The summed E-state index contributed by atoms with van der Waals surface area (Å²) in [5.74, 6) is -2.31. The fourth-order valence-corrected chi connectivity index (χ4v) is 4.69. The average molecular weight is 489 g/mol. The van der Waals surface area contributed by atoms with E-state index in [0.717, 1.165) is 12.1 Å². The van der Waals surface area contributed by atoms with Crippen molar-refractivity contribution in [2.24, 2.45) is 11.7 Å². The zero-order valence-electron chi connectivity index (χ0n) is 18.0. The molecule has 4 N–H and O–H groups in total. The first-order valence-electron chi connectivity index (χ1n) is 10.7. The number of hydrogen-bond donors (Lipinski definition) is 3. The molecule has 4 amide bonds. The van der Waals surface area contributed by atoms with Gasteiger partial charge in [-0.2, -0.15) is 13.2 Å². The fraction of sp³-hybridized carbons (Fsp3) is 0.261. The lowest BCUT2D eigenvalue weighted by molar-refractivity contribution is -0.140. The van der Waals surface area contributed by atoms with Crippen LogP contribution in [0.5, 0.6) is 0 Å². The summed E-state index contributed by atoms with van der Waals surface area (Å²) in [4.78, 5) is 39.2. The molecule has 1 aliphatic heterocycles. The van der Waals surface area contributed by atoms with E-state index >= 15 is 0 Å². The minimum absolute atomic E-state index is 0.0646. The van der Waals surface area contributed by atoms with Gasteiger partial charge in [-0.05, 0) is 37.0 Å². The molecular formula is C23H19F4N5O3. The number of para-hydroxylation sites is 1. The van der Waals surface area contributed by atoms with Gasteiger partial charge < -0.3 is 21.3 Å². The Morgan fingerprint density at radius 3 is 2.43 bits per heavy atom. The average Bonchev–Trinajstić information content (AvgIpc) is 3.29. The monoisotopic (exact) mass is 489 g/mol. The summed E-state index contributed by atoms with van der Waals surface area (Å²) in [7, 11) is 0. The quantitative estimate of drug-likeness (QED) is 0.476. The molecule has 0 radical (unpaired) electrons. The topological polar surface area (TPSA) is 109 Å². The number of carbonyl (C=O) groups is 3. The molecule has 2 aliphatic rings. The number of likely N-dealkylation sites (tertiary alicyclic amines) is 1. The summed E-state index contributed by atoms with van der Waals surface area (Å²) in [5, 5.41) is 5.46. The van der Waals surface area contributed by atoms with Crippen LogP contribution in [0.3, 0.4) is 0 Å². The first kappa shape index (κ1) is 22.7. The van der Waals surface area contributed by atoms with Crippen LogP contribution in [0, 0.1) is 11.7 Å². The van der Waals surface area contributed by atoms with Crippen LogP contribution in [0.1, 0.15) is 18.4 Å². The second-order valence-electron chi connectivity index (χ2n) is 8.57. The molecule has 1 saturated heterocycles. The Hall–Kier alpha value is -4.09. The summed E-state index contributed by atoms with van der Waals surface area (Å²) >= 11 is 0. The first-order valence-corrected chi connectivity index (χ1v) is 10.7. The van der Waals surface area contributed by atoms with Gasteiger partial charge in [-0.1, -0.05) is 24.3 Å². The Kier molecular flexibility index (Phi) is 5.18. The van der Waals surface area contributed by atoms with Crippen molar-refractivity contribution in [3.63, 3.8) is 0 Å². The predicted octanol–water partition coefficient (Wildman–Crippen LogP) is 4.36. The molecule has 8 nitrogen and oxygen atoms in total. The van der Waals surface area contributed by atoms with Crippen molar-refractivity contribution in [1.29, 1.82) is 0 Å². The number of aromatic nitrogens is 1. The number of hydrogen-bond acceptors (Lipinski definition) is 3. The van der Waals surface area contributed by atoms with E-state index in [9.17, 15) is 31.9 Å². The number of urea groups is 1. The summed E-state index contributed by atoms with van der Waals surface area (Å²) < 4.78 is 54.6. The van der Waals surface area contributed by atoms with Crippen molar-refractivity contribution in [3.05, 3.63) is 60.0 Å². The highest BCUT2D eigenvalue weighted by atomic mass is 19.4. The maximum atomic E-state index is 14.4. The van der Waals surface area contributed by atoms with Crippen LogP contribution >= 0.6 is 0 Å². The van der Waals surface area contributed by atoms with Gasteiger partial charge in [0.2, 0.25) is 5.91 Å². The minimum atomic E-state index is -4.92. The molecule has 3 atom stereocenters. The van der Waals surface area contributed by atoms with Crippen LogP contribution < -0.4 is 16.4 Å². The second-order valence-corrected chi connectivity index (χ2v) is 8.57. The van der Waals surface area contributed by atoms with Crippen molar-refractivity contribution in [3.8, 4) is 0 Å². The standard InChI is InChI=1S/C23H19F4N5O3/c24-19-13(23(25,26)27)5-3-6-14(19)29-20(33)18-9-11-8-17(11)32(18)22(35)30-15-10-31(21(28)34)16-7-2-1-4-12(15)16/h1-7,10-11,17-18H,8-9H2,(H2,28,34)(H,29,33)(H,30,35)/t11?,17-,18+/m1/s1. The number of nitrogens with one attached hydrogen (secondary N) is 2. The molecule has 2 fully saturated rings. The molecule has 0 spiro atoms. The van der Waals surface area contributed by atoms with Crippen molar-refractivity contribution in [2.75, 3.05) is 10.6 Å². The lowest BCUT2D eigenvalue weighted by Crippen LogP contribution is -2.47. The van der Waals surface area contributed by atoms with Crippen LogP contribution in [0.2, 0.25) is 0 Å². The maximum absolute atomic E-state index is 14.4. The highest BCUT2D eigenvalue weighted by Gasteiger charge is 2.56. The smallest absolute Gasteiger partial charge is 0.351 e. The number of rotatable bonds is 3. The van der Waals surface area contributed by atoms with Crippen LogP contribution in [-0.4, -0.2) is 39.5 Å². The third-order valence-corrected chi connectivity index (χ3v) is 6.39. The van der Waals surface area contributed by atoms with Crippen LogP contribution in [0.15, 0.2) is 48.7 Å². The van der Waals surface area contributed by atoms with Crippen LogP contribution in [0.4, 0.5) is 38.5 Å². The normalized spacial score (nSPS) is 21.0. The van der Waals surface area contributed by atoms with Gasteiger partial charge in [0.15, 0.2) is 5.82 Å². The third-order valence-electron chi connectivity index (χ3n) is 6.39. The Morgan fingerprint density at radius 2 is 1.71 bits per heavy atom. The maximum Gasteiger partial charge on any atom is 0.419 e. The molecule has 2 heterocycles. The molecule has 1 aliphatic carbocycles. The summed E-state index contributed by atoms with van der Waals surface area (Å²) in [6.07, 6.45) is -2.57. The van der Waals surface area contributed by atoms with Crippen molar-refractivity contribution in [1.82, 2.24) is 9.47 Å². The Bertz CT molecular complexity index is 1370. The van der Waals surface area contributed by atoms with Gasteiger partial charge in [0, 0.05) is 17.6 Å². The van der Waals surface area contributed by atoms with E-state index in [0.29, 0.717) is 35.5 Å². The summed E-state index contributed by atoms with van der Waals surface area (Å²) in [6, 6.07) is 6.78. The number of fused-ring (bicyclic) bond motifs is 2. The van der Waals surface area contributed by atoms with Gasteiger partial charge in [-0.3, -0.25) is 9.36 Å². The molecule has 1 aromatic heterocycles. The van der Waals surface area contributed by atoms with E-state index in [1.54, 1.807) is 24.3 Å². The van der Waals surface area contributed by atoms with Gasteiger partial charge in [0.1, 0.15) is 6.04 Å². The summed E-state index contributed by atoms with van der Waals surface area (Å²) in [5.41, 5.74) is 4.08. The molecule has 1 saturated carbocycles. The number of nitrogens with zero attached hydrogens (tertiary/aromatic N) is 2. The number of anilines is 2. The molecule has 182 valence electrons. The van der Waals surface area contributed by atoms with Crippen molar-refractivity contribution < 1.29 is 31.9 Å². The number of primary amides is 1. The van der Waals surface area contributed by atoms with Crippen LogP contribution in [0.25, 0.3) is 10.9 Å². The Balaban J connectivity index is 1.38. The molecular weight excluding hydrogens is 470 g/mol. The lowest BCUT2D eigenvalue weighted by Gasteiger charge is -2.27. The van der Waals surface area contributed by atoms with Gasteiger partial charge in [-0.25, -0.2) is 14.0 Å². The zero-order chi connectivity index (χ0) is 25.1. The molecule has 5 rings (SSSR count). The van der Waals surface area contributed by atoms with E-state index < -0.39 is 47.3 Å². The molecule has 2 aromatic carbocycles. The van der Waals surface area contributed by atoms with E-state index in [4.69, 9.17) is 5.73 Å². The fourth-order valence-electron chi connectivity index (χ4n) is 4.69. The van der Waals surface area contributed by atoms with E-state index in [1.807, 2.05) is 0 Å². The molecule has 35 heavy (non-hydrogen) atoms. The number of halogens is 4. The van der Waals surface area contributed by atoms with Crippen molar-refractivity contribution >= 4 is 40.2 Å². The van der Waals surface area contributed by atoms with Crippen molar-refractivity contribution in [2.45, 2.75) is 31.1 Å². The second kappa shape index (κ2) is 8.00. The zero-order valence-corrected chi connectivity index (χ0v) is 18.0. The molecule has 1 unspecified atom stereocenters. The number of alkyl halides is 3. The van der Waals surface area contributed by atoms with Gasteiger partial charge in [0.25, 0.3) is 0 Å². The van der Waals surface area contributed by atoms with Gasteiger partial charge in [-0.15, -0.1) is 0 Å². The Labute approximate surface area is 195 Å². The van der Waals surface area contributed by atoms with E-state index in [-0.39, 0.29) is 12.0 Å². The SMILES string of the molecule is NC(=O)n1cc(NC(=O)N2[C@@H]3CC3C[C@H]2C(=O)Nc2cccc(C(F)(F)F)c2F)c2ccccc21. The van der Waals surface area contributed by atoms with Crippen LogP contribution in [-0.2, 0) is 11.0 Å². The Morgan fingerprint density at radius 1 is 0.971 bits per heavy atom. The predicted molar refractivity (Wildman–Crippen MR) is 118 cm³/mol. The van der Waals surface area contributed by atoms with Gasteiger partial charge in [0.05, 0.1) is 22.5 Å². The van der Waals surface area contributed by atoms with E-state index in [1.165, 1.54) is 15.7 Å². The highest BCUT2D eigenvalue weighted by molar-refractivity contribution is 6.06. The molecule has 3 aromatic rings. The molecule has 0 bridgehead atoms. The largest absolute Gasteiger partial charge is 0.419 e. The van der Waals surface area contributed by atoms with E-state index in [2.05, 4.69) is 10.6 Å². The number of nitrogens with two attached hydrogens (primary N) is 1. The van der Waals surface area contributed by atoms with Gasteiger partial charge >= 0.3 is 18.2 Å². The number of carbonyl (C=O) groups excluding carboxylic acids is 3.